The number of aromatic hydroxyl groups is 1. The fraction of sp³-hybridized carbons (Fsp3) is 0.0909. The van der Waals surface area contributed by atoms with Gasteiger partial charge >= 0.3 is 0 Å². The lowest BCUT2D eigenvalue weighted by atomic mass is 10.1. The molecule has 0 fully saturated rings. The van der Waals surface area contributed by atoms with Crippen LogP contribution in [0, 0.1) is 0 Å². The number of hydrogen-bond acceptors (Lipinski definition) is 4. The lowest BCUT2D eigenvalue weighted by Crippen LogP contribution is -2.21. The van der Waals surface area contributed by atoms with Crippen LogP contribution in [0.3, 0.4) is 0 Å². The second kappa shape index (κ2) is 7.08. The van der Waals surface area contributed by atoms with Crippen molar-refractivity contribution in [1.82, 2.24) is 14.9 Å². The Morgan fingerprint density at radius 3 is 2.57 bits per heavy atom. The van der Waals surface area contributed by atoms with Gasteiger partial charge in [0.15, 0.2) is 0 Å². The van der Waals surface area contributed by atoms with Crippen LogP contribution in [0.2, 0.25) is 0 Å². The smallest absolute Gasteiger partial charge is 0.253 e. The van der Waals surface area contributed by atoms with Gasteiger partial charge < -0.3 is 20.3 Å². The lowest BCUT2D eigenvalue weighted by Gasteiger charge is -2.10. The molecule has 0 atom stereocenters. The monoisotopic (exact) mass is 372 g/mol. The van der Waals surface area contributed by atoms with E-state index in [1.165, 1.54) is 0 Å². The van der Waals surface area contributed by atoms with Crippen LogP contribution in [0.5, 0.6) is 5.75 Å². The number of nitrogens with one attached hydrogen (secondary N) is 2. The van der Waals surface area contributed by atoms with Crippen LogP contribution in [0.15, 0.2) is 66.9 Å². The van der Waals surface area contributed by atoms with Crippen molar-refractivity contribution in [1.29, 1.82) is 0 Å². The van der Waals surface area contributed by atoms with E-state index in [0.29, 0.717) is 11.4 Å². The minimum absolute atomic E-state index is 0.0185. The number of hydrogen-bond donors (Lipinski definition) is 3. The molecule has 0 aliphatic carbocycles. The van der Waals surface area contributed by atoms with Gasteiger partial charge in [-0.25, -0.2) is 4.98 Å². The number of anilines is 2. The first-order valence-corrected chi connectivity index (χ1v) is 8.86. The molecular formula is C22H20N4O2. The lowest BCUT2D eigenvalue weighted by molar-refractivity contribution is 0.0827. The van der Waals surface area contributed by atoms with E-state index in [1.54, 1.807) is 43.4 Å². The predicted octanol–water partition coefficient (Wildman–Crippen LogP) is 4.38. The largest absolute Gasteiger partial charge is 0.508 e. The van der Waals surface area contributed by atoms with Crippen molar-refractivity contribution in [2.75, 3.05) is 19.4 Å². The van der Waals surface area contributed by atoms with E-state index in [9.17, 15) is 9.90 Å². The average molecular weight is 372 g/mol. The number of phenols is 1. The van der Waals surface area contributed by atoms with E-state index in [2.05, 4.69) is 15.3 Å². The zero-order valence-electron chi connectivity index (χ0n) is 15.6. The number of carbonyl (C=O) groups excluding carboxylic acids is 1. The molecule has 0 saturated carbocycles. The fourth-order valence-corrected chi connectivity index (χ4v) is 3.03. The van der Waals surface area contributed by atoms with Gasteiger partial charge in [-0.15, -0.1) is 0 Å². The van der Waals surface area contributed by atoms with Crippen molar-refractivity contribution >= 4 is 28.3 Å². The predicted molar refractivity (Wildman–Crippen MR) is 111 cm³/mol. The highest BCUT2D eigenvalue weighted by Gasteiger charge is 2.09. The second-order valence-corrected chi connectivity index (χ2v) is 6.79. The van der Waals surface area contributed by atoms with E-state index in [4.69, 9.17) is 0 Å². The highest BCUT2D eigenvalue weighted by Crippen LogP contribution is 2.27. The molecule has 0 spiro atoms. The third-order valence-corrected chi connectivity index (χ3v) is 4.47. The Morgan fingerprint density at radius 1 is 1.07 bits per heavy atom. The van der Waals surface area contributed by atoms with Gasteiger partial charge in [-0.2, -0.15) is 0 Å². The number of benzene rings is 2. The molecule has 0 aliphatic rings. The van der Waals surface area contributed by atoms with Gasteiger partial charge in [0.2, 0.25) is 0 Å². The van der Waals surface area contributed by atoms with Gasteiger partial charge in [0.05, 0.1) is 5.52 Å². The van der Waals surface area contributed by atoms with E-state index >= 15 is 0 Å². The fourth-order valence-electron chi connectivity index (χ4n) is 3.03. The standard InChI is InChI=1S/C22H20N4O2/c1-26(2)22(28)15-8-6-14(7-9-15)19-10-16-13-23-21(12-20(16)25-19)24-17-4-3-5-18(27)11-17/h3-13,25,27H,1-2H3,(H,23,24). The minimum Gasteiger partial charge on any atom is -0.508 e. The number of aromatic amines is 1. The number of pyridine rings is 1. The van der Waals surface area contributed by atoms with Crippen molar-refractivity contribution in [3.05, 3.63) is 72.4 Å². The Kier molecular flexibility index (Phi) is 4.45. The SMILES string of the molecule is CN(C)C(=O)c1ccc(-c2cc3cnc(Nc4cccc(O)c4)cc3[nH]2)cc1. The first kappa shape index (κ1) is 17.6. The molecular weight excluding hydrogens is 352 g/mol. The van der Waals surface area contributed by atoms with Gasteiger partial charge in [0, 0.05) is 54.8 Å². The van der Waals surface area contributed by atoms with Crippen LogP contribution in [0.1, 0.15) is 10.4 Å². The molecule has 0 saturated heterocycles. The maximum Gasteiger partial charge on any atom is 0.253 e. The maximum absolute atomic E-state index is 12.0. The van der Waals surface area contributed by atoms with E-state index in [0.717, 1.165) is 27.8 Å². The molecule has 4 aromatic rings. The molecule has 140 valence electrons. The average Bonchev–Trinajstić information content (AvgIpc) is 3.11. The van der Waals surface area contributed by atoms with Crippen LogP contribution in [-0.2, 0) is 0 Å². The normalized spacial score (nSPS) is 10.8. The third kappa shape index (κ3) is 3.53. The summed E-state index contributed by atoms with van der Waals surface area (Å²) in [7, 11) is 3.48. The van der Waals surface area contributed by atoms with Crippen molar-refractivity contribution < 1.29 is 9.90 Å². The zero-order valence-corrected chi connectivity index (χ0v) is 15.6. The zero-order chi connectivity index (χ0) is 19.7. The van der Waals surface area contributed by atoms with Gasteiger partial charge in [0.25, 0.3) is 5.91 Å². The van der Waals surface area contributed by atoms with Crippen molar-refractivity contribution in [2.24, 2.45) is 0 Å². The van der Waals surface area contributed by atoms with Crippen molar-refractivity contribution in [3.8, 4) is 17.0 Å². The third-order valence-electron chi connectivity index (χ3n) is 4.47. The van der Waals surface area contributed by atoms with Crippen molar-refractivity contribution in [3.63, 3.8) is 0 Å². The topological polar surface area (TPSA) is 81.2 Å². The Bertz CT molecular complexity index is 1150. The molecule has 0 unspecified atom stereocenters. The number of H-pyrrole nitrogens is 1. The quantitative estimate of drug-likeness (QED) is 0.496. The first-order chi connectivity index (χ1) is 13.5. The molecule has 6 heteroatoms. The summed E-state index contributed by atoms with van der Waals surface area (Å²) in [4.78, 5) is 21.4. The molecule has 2 aromatic carbocycles. The first-order valence-electron chi connectivity index (χ1n) is 8.86. The Balaban J connectivity index is 1.60. The summed E-state index contributed by atoms with van der Waals surface area (Å²) in [5, 5.41) is 13.8. The number of amides is 1. The summed E-state index contributed by atoms with van der Waals surface area (Å²) in [5.41, 5.74) is 4.31. The molecule has 6 nitrogen and oxygen atoms in total. The molecule has 1 amide bonds. The van der Waals surface area contributed by atoms with Crippen molar-refractivity contribution in [2.45, 2.75) is 0 Å². The molecule has 3 N–H and O–H groups in total. The highest BCUT2D eigenvalue weighted by atomic mass is 16.3. The van der Waals surface area contributed by atoms with Crippen LogP contribution < -0.4 is 5.32 Å². The molecule has 4 rings (SSSR count). The Morgan fingerprint density at radius 2 is 1.86 bits per heavy atom. The Hall–Kier alpha value is -3.80. The number of phenolic OH excluding ortho intramolecular Hbond substituents is 1. The molecule has 0 aliphatic heterocycles. The number of aromatic nitrogens is 2. The molecule has 2 aromatic heterocycles. The van der Waals surface area contributed by atoms with Gasteiger partial charge in [-0.1, -0.05) is 18.2 Å². The summed E-state index contributed by atoms with van der Waals surface area (Å²) in [6, 6.07) is 18.4. The van der Waals surface area contributed by atoms with Crippen LogP contribution in [0.4, 0.5) is 11.5 Å². The van der Waals surface area contributed by atoms with Gasteiger partial charge in [-0.3, -0.25) is 4.79 Å². The summed E-state index contributed by atoms with van der Waals surface area (Å²) < 4.78 is 0. The van der Waals surface area contributed by atoms with Gasteiger partial charge in [-0.05, 0) is 35.9 Å². The number of carbonyl (C=O) groups is 1. The summed E-state index contributed by atoms with van der Waals surface area (Å²) in [6.07, 6.45) is 1.80. The maximum atomic E-state index is 12.0. The number of nitrogens with zero attached hydrogens (tertiary/aromatic N) is 2. The van der Waals surface area contributed by atoms with Crippen LogP contribution in [-0.4, -0.2) is 40.0 Å². The Labute approximate surface area is 162 Å². The van der Waals surface area contributed by atoms with Gasteiger partial charge in [0.1, 0.15) is 11.6 Å². The van der Waals surface area contributed by atoms with Crippen LogP contribution in [0.25, 0.3) is 22.2 Å². The number of fused-ring (bicyclic) bond motifs is 1. The molecule has 2 heterocycles. The molecule has 28 heavy (non-hydrogen) atoms. The molecule has 0 bridgehead atoms. The van der Waals surface area contributed by atoms with Crippen LogP contribution >= 0.6 is 0 Å². The summed E-state index contributed by atoms with van der Waals surface area (Å²) in [5.74, 6) is 0.859. The molecule has 0 radical (unpaired) electrons. The highest BCUT2D eigenvalue weighted by molar-refractivity contribution is 5.94. The second-order valence-electron chi connectivity index (χ2n) is 6.79. The summed E-state index contributed by atoms with van der Waals surface area (Å²) >= 11 is 0. The van der Waals surface area contributed by atoms with E-state index in [1.807, 2.05) is 42.5 Å². The minimum atomic E-state index is -0.0185. The number of rotatable bonds is 4. The summed E-state index contributed by atoms with van der Waals surface area (Å²) in [6.45, 7) is 0. The van der Waals surface area contributed by atoms with E-state index < -0.39 is 0 Å². The van der Waals surface area contributed by atoms with E-state index in [-0.39, 0.29) is 11.7 Å².